The van der Waals surface area contributed by atoms with Gasteiger partial charge in [0, 0.05) is 35.8 Å². The summed E-state index contributed by atoms with van der Waals surface area (Å²) >= 11 is 0. The third-order valence-corrected chi connectivity index (χ3v) is 3.49. The lowest BCUT2D eigenvalue weighted by Crippen LogP contribution is -2.10. The molecule has 112 valence electrons. The molecule has 2 aromatic carbocycles. The molecule has 0 saturated carbocycles. The molecule has 4 heteroatoms. The van der Waals surface area contributed by atoms with Crippen molar-refractivity contribution in [2.75, 3.05) is 35.2 Å². The normalized spacial score (nSPS) is 10.4. The maximum absolute atomic E-state index is 5.75. The van der Waals surface area contributed by atoms with Crippen molar-refractivity contribution in [3.63, 3.8) is 0 Å². The number of aryl methyl sites for hydroxylation is 2. The third-order valence-electron chi connectivity index (χ3n) is 3.49. The highest BCUT2D eigenvalue weighted by atomic mass is 14.9. The number of hydrogen-bond donors (Lipinski definition) is 4. The minimum atomic E-state index is 0.804. The second-order valence-corrected chi connectivity index (χ2v) is 5.36. The van der Waals surface area contributed by atoms with Crippen LogP contribution in [0.1, 0.15) is 17.5 Å². The van der Waals surface area contributed by atoms with E-state index in [1.165, 1.54) is 11.1 Å². The molecule has 0 fully saturated rings. The summed E-state index contributed by atoms with van der Waals surface area (Å²) in [5.74, 6) is 0. The van der Waals surface area contributed by atoms with Gasteiger partial charge in [-0.25, -0.2) is 0 Å². The minimum absolute atomic E-state index is 0.804. The second-order valence-electron chi connectivity index (χ2n) is 5.36. The number of nitrogen functional groups attached to an aromatic ring is 2. The van der Waals surface area contributed by atoms with Gasteiger partial charge in [0.2, 0.25) is 0 Å². The van der Waals surface area contributed by atoms with E-state index in [-0.39, 0.29) is 0 Å². The zero-order valence-corrected chi connectivity index (χ0v) is 12.7. The molecular weight excluding hydrogens is 260 g/mol. The van der Waals surface area contributed by atoms with Gasteiger partial charge in [-0.15, -0.1) is 0 Å². The zero-order chi connectivity index (χ0) is 15.2. The van der Waals surface area contributed by atoms with E-state index in [0.29, 0.717) is 0 Å². The molecule has 0 unspecified atom stereocenters. The number of nitrogens with one attached hydrogen (secondary N) is 2. The maximum Gasteiger partial charge on any atom is 0.0371 e. The highest BCUT2D eigenvalue weighted by Gasteiger charge is 1.99. The highest BCUT2D eigenvalue weighted by molar-refractivity contribution is 5.58. The molecule has 0 atom stereocenters. The van der Waals surface area contributed by atoms with Crippen molar-refractivity contribution in [1.29, 1.82) is 0 Å². The van der Waals surface area contributed by atoms with Gasteiger partial charge in [0.1, 0.15) is 0 Å². The van der Waals surface area contributed by atoms with Crippen molar-refractivity contribution in [3.05, 3.63) is 47.5 Å². The first-order valence-electron chi connectivity index (χ1n) is 7.26. The SMILES string of the molecule is Cc1cc(N)ccc1NCCCNc1ccc(N)cc1C. The summed E-state index contributed by atoms with van der Waals surface area (Å²) < 4.78 is 0. The largest absolute Gasteiger partial charge is 0.399 e. The molecule has 6 N–H and O–H groups in total. The monoisotopic (exact) mass is 284 g/mol. The van der Waals surface area contributed by atoms with E-state index in [4.69, 9.17) is 11.5 Å². The van der Waals surface area contributed by atoms with Crippen LogP contribution in [0.25, 0.3) is 0 Å². The van der Waals surface area contributed by atoms with Gasteiger partial charge in [-0.05, 0) is 67.8 Å². The predicted octanol–water partition coefficient (Wildman–Crippen LogP) is 3.38. The molecule has 0 saturated heterocycles. The summed E-state index contributed by atoms with van der Waals surface area (Å²) in [6, 6.07) is 11.9. The van der Waals surface area contributed by atoms with Gasteiger partial charge < -0.3 is 22.1 Å². The molecule has 0 aliphatic rings. The predicted molar refractivity (Wildman–Crippen MR) is 92.8 cm³/mol. The molecule has 0 spiro atoms. The molecular formula is C17H24N4. The van der Waals surface area contributed by atoms with Crippen LogP contribution in [0.4, 0.5) is 22.7 Å². The molecule has 0 radical (unpaired) electrons. The lowest BCUT2D eigenvalue weighted by Gasteiger charge is -2.12. The molecule has 0 bridgehead atoms. The first-order chi connectivity index (χ1) is 10.1. The first-order valence-corrected chi connectivity index (χ1v) is 7.26. The van der Waals surface area contributed by atoms with E-state index in [2.05, 4.69) is 24.5 Å². The van der Waals surface area contributed by atoms with Crippen LogP contribution >= 0.6 is 0 Å². The summed E-state index contributed by atoms with van der Waals surface area (Å²) in [6.07, 6.45) is 1.04. The molecule has 0 aliphatic carbocycles. The summed E-state index contributed by atoms with van der Waals surface area (Å²) in [4.78, 5) is 0. The van der Waals surface area contributed by atoms with Crippen LogP contribution in [0.5, 0.6) is 0 Å². The van der Waals surface area contributed by atoms with Crippen molar-refractivity contribution < 1.29 is 0 Å². The van der Waals surface area contributed by atoms with Crippen LogP contribution in [0.2, 0.25) is 0 Å². The smallest absolute Gasteiger partial charge is 0.0371 e. The second kappa shape index (κ2) is 6.88. The van der Waals surface area contributed by atoms with E-state index in [9.17, 15) is 0 Å². The van der Waals surface area contributed by atoms with E-state index < -0.39 is 0 Å². The molecule has 21 heavy (non-hydrogen) atoms. The van der Waals surface area contributed by atoms with Gasteiger partial charge in [-0.3, -0.25) is 0 Å². The van der Waals surface area contributed by atoms with Crippen molar-refractivity contribution in [2.24, 2.45) is 0 Å². The summed E-state index contributed by atoms with van der Waals surface area (Å²) in [5.41, 5.74) is 17.7. The van der Waals surface area contributed by atoms with Crippen LogP contribution in [-0.2, 0) is 0 Å². The first kappa shape index (κ1) is 15.0. The Labute approximate surface area is 126 Å². The summed E-state index contributed by atoms with van der Waals surface area (Å²) in [6.45, 7) is 5.97. The average Bonchev–Trinajstić information content (AvgIpc) is 2.42. The summed E-state index contributed by atoms with van der Waals surface area (Å²) in [7, 11) is 0. The average molecular weight is 284 g/mol. The van der Waals surface area contributed by atoms with E-state index in [1.807, 2.05) is 36.4 Å². The Balaban J connectivity index is 1.75. The van der Waals surface area contributed by atoms with Gasteiger partial charge >= 0.3 is 0 Å². The van der Waals surface area contributed by atoms with E-state index in [0.717, 1.165) is 42.3 Å². The maximum atomic E-state index is 5.75. The van der Waals surface area contributed by atoms with Gasteiger partial charge in [0.05, 0.1) is 0 Å². The quantitative estimate of drug-likeness (QED) is 0.484. The zero-order valence-electron chi connectivity index (χ0n) is 12.7. The lowest BCUT2D eigenvalue weighted by molar-refractivity contribution is 0.907. The standard InChI is InChI=1S/C17H24N4/c1-12-10-14(18)4-6-16(12)20-8-3-9-21-17-7-5-15(19)11-13(17)2/h4-7,10-11,20-21H,3,8-9,18-19H2,1-2H3. The Bertz CT molecular complexity index is 554. The van der Waals surface area contributed by atoms with Gasteiger partial charge in [0.25, 0.3) is 0 Å². The molecule has 0 aromatic heterocycles. The number of anilines is 4. The van der Waals surface area contributed by atoms with Crippen LogP contribution in [-0.4, -0.2) is 13.1 Å². The summed E-state index contributed by atoms with van der Waals surface area (Å²) in [5, 5.41) is 6.87. The van der Waals surface area contributed by atoms with Crippen LogP contribution < -0.4 is 22.1 Å². The molecule has 4 nitrogen and oxygen atoms in total. The van der Waals surface area contributed by atoms with Gasteiger partial charge in [0.15, 0.2) is 0 Å². The Morgan fingerprint density at radius 3 is 1.57 bits per heavy atom. The Morgan fingerprint density at radius 2 is 1.19 bits per heavy atom. The lowest BCUT2D eigenvalue weighted by atomic mass is 10.1. The Hall–Kier alpha value is -2.36. The Kier molecular flexibility index (Phi) is 4.93. The molecule has 0 aliphatic heterocycles. The number of rotatable bonds is 6. The van der Waals surface area contributed by atoms with E-state index >= 15 is 0 Å². The molecule has 0 heterocycles. The van der Waals surface area contributed by atoms with Crippen molar-refractivity contribution in [3.8, 4) is 0 Å². The van der Waals surface area contributed by atoms with Crippen LogP contribution in [0.15, 0.2) is 36.4 Å². The van der Waals surface area contributed by atoms with Crippen molar-refractivity contribution in [1.82, 2.24) is 0 Å². The topological polar surface area (TPSA) is 76.1 Å². The van der Waals surface area contributed by atoms with Crippen molar-refractivity contribution in [2.45, 2.75) is 20.3 Å². The number of nitrogens with two attached hydrogens (primary N) is 2. The highest BCUT2D eigenvalue weighted by Crippen LogP contribution is 2.18. The number of hydrogen-bond acceptors (Lipinski definition) is 4. The van der Waals surface area contributed by atoms with Gasteiger partial charge in [-0.1, -0.05) is 0 Å². The third kappa shape index (κ3) is 4.31. The molecule has 2 aromatic rings. The Morgan fingerprint density at radius 1 is 0.762 bits per heavy atom. The minimum Gasteiger partial charge on any atom is -0.399 e. The van der Waals surface area contributed by atoms with Gasteiger partial charge in [-0.2, -0.15) is 0 Å². The van der Waals surface area contributed by atoms with Crippen LogP contribution in [0, 0.1) is 13.8 Å². The van der Waals surface area contributed by atoms with Crippen molar-refractivity contribution >= 4 is 22.7 Å². The van der Waals surface area contributed by atoms with Crippen LogP contribution in [0.3, 0.4) is 0 Å². The fourth-order valence-electron chi connectivity index (χ4n) is 2.30. The number of benzene rings is 2. The molecule has 0 amide bonds. The fourth-order valence-corrected chi connectivity index (χ4v) is 2.30. The van der Waals surface area contributed by atoms with E-state index in [1.54, 1.807) is 0 Å². The fraction of sp³-hybridized carbons (Fsp3) is 0.294. The molecule has 2 rings (SSSR count).